The second-order valence-electron chi connectivity index (χ2n) is 4.47. The van der Waals surface area contributed by atoms with E-state index >= 15 is 0 Å². The first kappa shape index (κ1) is 15.1. The molecule has 0 bridgehead atoms. The summed E-state index contributed by atoms with van der Waals surface area (Å²) >= 11 is 3.29. The molecule has 2 aromatic rings. The van der Waals surface area contributed by atoms with Crippen molar-refractivity contribution in [3.63, 3.8) is 0 Å². The van der Waals surface area contributed by atoms with Crippen molar-refractivity contribution in [3.05, 3.63) is 69.7 Å². The Labute approximate surface area is 123 Å². The molecule has 1 atom stereocenters. The summed E-state index contributed by atoms with van der Waals surface area (Å²) in [7, 11) is 0. The minimum absolute atomic E-state index is 0.139. The van der Waals surface area contributed by atoms with E-state index in [1.807, 2.05) is 6.07 Å². The maximum atomic E-state index is 12.6. The molecule has 0 aromatic heterocycles. The van der Waals surface area contributed by atoms with Crippen LogP contribution in [0.3, 0.4) is 0 Å². The molecule has 106 valence electrons. The highest BCUT2D eigenvalue weighted by Gasteiger charge is 2.30. The Bertz CT molecular complexity index is 596. The van der Waals surface area contributed by atoms with Crippen molar-refractivity contribution in [1.82, 2.24) is 0 Å². The Kier molecular flexibility index (Phi) is 4.50. The van der Waals surface area contributed by atoms with Crippen LogP contribution in [0.1, 0.15) is 22.8 Å². The van der Waals surface area contributed by atoms with Gasteiger partial charge in [0.2, 0.25) is 0 Å². The van der Waals surface area contributed by atoms with Crippen LogP contribution >= 0.6 is 15.9 Å². The maximum Gasteiger partial charge on any atom is 0.416 e. The highest BCUT2D eigenvalue weighted by Crippen LogP contribution is 2.30. The fourth-order valence-corrected chi connectivity index (χ4v) is 2.35. The molecule has 1 nitrogen and oxygen atoms in total. The van der Waals surface area contributed by atoms with Crippen LogP contribution in [0.4, 0.5) is 13.2 Å². The summed E-state index contributed by atoms with van der Waals surface area (Å²) in [4.78, 5) is 0. The third-order valence-corrected chi connectivity index (χ3v) is 3.41. The van der Waals surface area contributed by atoms with Crippen LogP contribution in [0.5, 0.6) is 0 Å². The number of aliphatic hydroxyl groups excluding tert-OH is 1. The van der Waals surface area contributed by atoms with Gasteiger partial charge in [-0.25, -0.2) is 0 Å². The Morgan fingerprint density at radius 1 is 1.05 bits per heavy atom. The van der Waals surface area contributed by atoms with Gasteiger partial charge in [0.25, 0.3) is 0 Å². The Balaban J connectivity index is 2.18. The lowest BCUT2D eigenvalue weighted by Gasteiger charge is -2.13. The normalized spacial score (nSPS) is 13.2. The summed E-state index contributed by atoms with van der Waals surface area (Å²) in [6, 6.07) is 12.1. The van der Waals surface area contributed by atoms with Gasteiger partial charge in [-0.15, -0.1) is 0 Å². The average Bonchev–Trinajstić information content (AvgIpc) is 2.38. The molecule has 2 aromatic carbocycles. The highest BCUT2D eigenvalue weighted by atomic mass is 79.9. The average molecular weight is 345 g/mol. The number of benzene rings is 2. The van der Waals surface area contributed by atoms with Crippen molar-refractivity contribution in [2.45, 2.75) is 18.7 Å². The standard InChI is InChI=1S/C15H12BrF3O/c16-13-6-2-4-11(9-13)14(20)8-10-3-1-5-12(7-10)15(17,18)19/h1-7,9,14,20H,8H2. The largest absolute Gasteiger partial charge is 0.416 e. The predicted molar refractivity (Wildman–Crippen MR) is 74.2 cm³/mol. The first-order valence-electron chi connectivity index (χ1n) is 5.96. The first-order chi connectivity index (χ1) is 9.36. The van der Waals surface area contributed by atoms with E-state index in [0.29, 0.717) is 11.1 Å². The lowest BCUT2D eigenvalue weighted by Crippen LogP contribution is -2.07. The molecule has 0 aliphatic carbocycles. The molecule has 1 N–H and O–H groups in total. The van der Waals surface area contributed by atoms with Gasteiger partial charge < -0.3 is 5.11 Å². The fourth-order valence-electron chi connectivity index (χ4n) is 1.93. The molecule has 0 saturated heterocycles. The van der Waals surface area contributed by atoms with Crippen molar-refractivity contribution in [2.75, 3.05) is 0 Å². The maximum absolute atomic E-state index is 12.6. The van der Waals surface area contributed by atoms with E-state index in [0.717, 1.165) is 16.6 Å². The van der Waals surface area contributed by atoms with Crippen molar-refractivity contribution < 1.29 is 18.3 Å². The van der Waals surface area contributed by atoms with Crippen LogP contribution < -0.4 is 0 Å². The summed E-state index contributed by atoms with van der Waals surface area (Å²) in [6.45, 7) is 0. The zero-order chi connectivity index (χ0) is 14.8. The molecule has 0 heterocycles. The summed E-state index contributed by atoms with van der Waals surface area (Å²) in [5, 5.41) is 10.1. The molecule has 5 heteroatoms. The smallest absolute Gasteiger partial charge is 0.388 e. The predicted octanol–water partition coefficient (Wildman–Crippen LogP) is 4.74. The van der Waals surface area contributed by atoms with E-state index in [2.05, 4.69) is 15.9 Å². The SMILES string of the molecule is OC(Cc1cccc(C(F)(F)F)c1)c1cccc(Br)c1. The Morgan fingerprint density at radius 3 is 2.40 bits per heavy atom. The lowest BCUT2D eigenvalue weighted by atomic mass is 10.00. The molecule has 0 amide bonds. The first-order valence-corrected chi connectivity index (χ1v) is 6.75. The quantitative estimate of drug-likeness (QED) is 0.852. The fraction of sp³-hybridized carbons (Fsp3) is 0.200. The summed E-state index contributed by atoms with van der Waals surface area (Å²) in [6.07, 6.45) is -5.06. The van der Waals surface area contributed by atoms with Gasteiger partial charge in [-0.05, 0) is 29.3 Å². The summed E-state index contributed by atoms with van der Waals surface area (Å²) in [5.74, 6) is 0. The summed E-state index contributed by atoms with van der Waals surface area (Å²) in [5.41, 5.74) is 0.417. The van der Waals surface area contributed by atoms with E-state index in [1.54, 1.807) is 24.3 Å². The minimum atomic E-state index is -4.36. The van der Waals surface area contributed by atoms with Crippen LogP contribution in [0.15, 0.2) is 53.0 Å². The molecule has 0 radical (unpaired) electrons. The topological polar surface area (TPSA) is 20.2 Å². The molecule has 0 aliphatic rings. The van der Waals surface area contributed by atoms with Gasteiger partial charge in [0.1, 0.15) is 0 Å². The van der Waals surface area contributed by atoms with Crippen molar-refractivity contribution in [2.24, 2.45) is 0 Å². The number of aliphatic hydroxyl groups is 1. The molecule has 0 fully saturated rings. The number of alkyl halides is 3. The number of hydrogen-bond donors (Lipinski definition) is 1. The molecule has 0 spiro atoms. The third-order valence-electron chi connectivity index (χ3n) is 2.92. The van der Waals surface area contributed by atoms with Gasteiger partial charge in [-0.3, -0.25) is 0 Å². The van der Waals surface area contributed by atoms with Gasteiger partial charge in [0.15, 0.2) is 0 Å². The van der Waals surface area contributed by atoms with Crippen molar-refractivity contribution in [3.8, 4) is 0 Å². The third kappa shape index (κ3) is 3.84. The molecular weight excluding hydrogens is 333 g/mol. The second-order valence-corrected chi connectivity index (χ2v) is 5.39. The lowest BCUT2D eigenvalue weighted by molar-refractivity contribution is -0.137. The van der Waals surface area contributed by atoms with Gasteiger partial charge in [-0.2, -0.15) is 13.2 Å². The van der Waals surface area contributed by atoms with Gasteiger partial charge in [0, 0.05) is 10.9 Å². The molecule has 2 rings (SSSR count). The van der Waals surface area contributed by atoms with Gasteiger partial charge in [0.05, 0.1) is 11.7 Å². The molecular formula is C15H12BrF3O. The van der Waals surface area contributed by atoms with E-state index in [4.69, 9.17) is 0 Å². The van der Waals surface area contributed by atoms with Crippen LogP contribution in [0.2, 0.25) is 0 Å². The van der Waals surface area contributed by atoms with Crippen LogP contribution in [0, 0.1) is 0 Å². The van der Waals surface area contributed by atoms with Crippen LogP contribution in [0.25, 0.3) is 0 Å². The van der Waals surface area contributed by atoms with E-state index in [1.165, 1.54) is 6.07 Å². The van der Waals surface area contributed by atoms with Crippen LogP contribution in [-0.2, 0) is 12.6 Å². The zero-order valence-electron chi connectivity index (χ0n) is 10.4. The van der Waals surface area contributed by atoms with E-state index < -0.39 is 17.8 Å². The molecule has 1 unspecified atom stereocenters. The van der Waals surface area contributed by atoms with E-state index in [-0.39, 0.29) is 6.42 Å². The monoisotopic (exact) mass is 344 g/mol. The second kappa shape index (κ2) is 5.97. The minimum Gasteiger partial charge on any atom is -0.388 e. The Hall–Kier alpha value is -1.33. The van der Waals surface area contributed by atoms with Crippen LogP contribution in [-0.4, -0.2) is 5.11 Å². The highest BCUT2D eigenvalue weighted by molar-refractivity contribution is 9.10. The summed E-state index contributed by atoms with van der Waals surface area (Å²) < 4.78 is 38.7. The van der Waals surface area contributed by atoms with Crippen molar-refractivity contribution in [1.29, 1.82) is 0 Å². The Morgan fingerprint density at radius 2 is 1.75 bits per heavy atom. The molecule has 0 saturated carbocycles. The number of halogens is 4. The number of hydrogen-bond acceptors (Lipinski definition) is 1. The van der Waals surface area contributed by atoms with Gasteiger partial charge >= 0.3 is 6.18 Å². The number of rotatable bonds is 3. The molecule has 20 heavy (non-hydrogen) atoms. The van der Waals surface area contributed by atoms with Crippen molar-refractivity contribution >= 4 is 15.9 Å². The molecule has 0 aliphatic heterocycles. The van der Waals surface area contributed by atoms with Gasteiger partial charge in [-0.1, -0.05) is 46.3 Å². The van der Waals surface area contributed by atoms with E-state index in [9.17, 15) is 18.3 Å². The zero-order valence-corrected chi connectivity index (χ0v) is 11.9.